The first kappa shape index (κ1) is 13.7. The SMILES string of the molecule is CCOC(=O)C1=CN(C)C(Sc2ccccc2)N=C1. The van der Waals surface area contributed by atoms with Crippen molar-refractivity contribution in [2.24, 2.45) is 4.99 Å². The van der Waals surface area contributed by atoms with Gasteiger partial charge in [0.15, 0.2) is 5.50 Å². The van der Waals surface area contributed by atoms with Crippen molar-refractivity contribution in [2.75, 3.05) is 13.7 Å². The third-order valence-electron chi connectivity index (χ3n) is 2.53. The molecular weight excluding hydrogens is 260 g/mol. The fraction of sp³-hybridized carbons (Fsp3) is 0.286. The normalized spacial score (nSPS) is 18.1. The van der Waals surface area contributed by atoms with Crippen molar-refractivity contribution >= 4 is 23.9 Å². The number of rotatable bonds is 4. The molecule has 2 rings (SSSR count). The fourth-order valence-electron chi connectivity index (χ4n) is 1.62. The minimum atomic E-state index is -0.332. The van der Waals surface area contributed by atoms with Gasteiger partial charge in [-0.1, -0.05) is 30.0 Å². The third kappa shape index (κ3) is 3.61. The summed E-state index contributed by atoms with van der Waals surface area (Å²) in [7, 11) is 1.90. The number of benzene rings is 1. The van der Waals surface area contributed by atoms with Crippen molar-refractivity contribution in [2.45, 2.75) is 17.3 Å². The number of esters is 1. The van der Waals surface area contributed by atoms with Crippen LogP contribution in [0.3, 0.4) is 0 Å². The van der Waals surface area contributed by atoms with Crippen LogP contribution in [0.2, 0.25) is 0 Å². The topological polar surface area (TPSA) is 41.9 Å². The van der Waals surface area contributed by atoms with Gasteiger partial charge in [0.05, 0.1) is 12.2 Å². The number of hydrogen-bond donors (Lipinski definition) is 0. The van der Waals surface area contributed by atoms with E-state index >= 15 is 0 Å². The Morgan fingerprint density at radius 2 is 2.16 bits per heavy atom. The van der Waals surface area contributed by atoms with Crippen LogP contribution in [-0.2, 0) is 9.53 Å². The highest BCUT2D eigenvalue weighted by atomic mass is 32.2. The number of carbonyl (C=O) groups excluding carboxylic acids is 1. The Balaban J connectivity index is 2.01. The van der Waals surface area contributed by atoms with E-state index < -0.39 is 0 Å². The summed E-state index contributed by atoms with van der Waals surface area (Å²) in [6, 6.07) is 10.1. The second-order valence-corrected chi connectivity index (χ2v) is 5.13. The highest BCUT2D eigenvalue weighted by Gasteiger charge is 2.19. The summed E-state index contributed by atoms with van der Waals surface area (Å²) < 4.78 is 4.95. The molecular formula is C14H16N2O2S. The highest BCUT2D eigenvalue weighted by Crippen LogP contribution is 2.27. The molecule has 0 saturated heterocycles. The Bertz CT molecular complexity index is 499. The number of carbonyl (C=O) groups is 1. The van der Waals surface area contributed by atoms with Crippen LogP contribution in [0, 0.1) is 0 Å². The van der Waals surface area contributed by atoms with E-state index in [1.54, 1.807) is 31.1 Å². The average Bonchev–Trinajstić information content (AvgIpc) is 2.42. The minimum Gasteiger partial charge on any atom is -0.462 e. The van der Waals surface area contributed by atoms with E-state index in [-0.39, 0.29) is 11.5 Å². The van der Waals surface area contributed by atoms with Gasteiger partial charge in [-0.15, -0.1) is 0 Å². The zero-order chi connectivity index (χ0) is 13.7. The van der Waals surface area contributed by atoms with Crippen LogP contribution in [-0.4, -0.2) is 36.2 Å². The standard InChI is InChI=1S/C14H16N2O2S/c1-3-18-13(17)11-9-15-14(16(2)10-11)19-12-7-5-4-6-8-12/h4-10,14H,3H2,1-2H3. The van der Waals surface area contributed by atoms with E-state index in [9.17, 15) is 4.79 Å². The van der Waals surface area contributed by atoms with Gasteiger partial charge in [-0.05, 0) is 19.1 Å². The molecule has 19 heavy (non-hydrogen) atoms. The maximum absolute atomic E-state index is 11.6. The molecule has 1 aliphatic heterocycles. The maximum atomic E-state index is 11.6. The van der Waals surface area contributed by atoms with Gasteiger partial charge in [-0.25, -0.2) is 4.79 Å². The van der Waals surface area contributed by atoms with Gasteiger partial charge >= 0.3 is 5.97 Å². The summed E-state index contributed by atoms with van der Waals surface area (Å²) in [5.74, 6) is -0.332. The van der Waals surface area contributed by atoms with Crippen molar-refractivity contribution in [3.8, 4) is 0 Å². The molecule has 1 atom stereocenters. The molecule has 0 aromatic heterocycles. The lowest BCUT2D eigenvalue weighted by molar-refractivity contribution is -0.137. The quantitative estimate of drug-likeness (QED) is 0.793. The predicted octanol–water partition coefficient (Wildman–Crippen LogP) is 2.53. The molecule has 0 aliphatic carbocycles. The van der Waals surface area contributed by atoms with Crippen LogP contribution >= 0.6 is 11.8 Å². The summed E-state index contributed by atoms with van der Waals surface area (Å²) in [4.78, 5) is 19.0. The lowest BCUT2D eigenvalue weighted by Crippen LogP contribution is -2.28. The molecule has 0 bridgehead atoms. The molecule has 4 nitrogen and oxygen atoms in total. The number of ether oxygens (including phenoxy) is 1. The van der Waals surface area contributed by atoms with Crippen LogP contribution in [0.15, 0.2) is 52.0 Å². The maximum Gasteiger partial charge on any atom is 0.341 e. The average molecular weight is 276 g/mol. The van der Waals surface area contributed by atoms with Gasteiger partial charge in [-0.2, -0.15) is 0 Å². The summed E-state index contributed by atoms with van der Waals surface area (Å²) in [5.41, 5.74) is 0.426. The zero-order valence-corrected chi connectivity index (χ0v) is 11.8. The van der Waals surface area contributed by atoms with Crippen LogP contribution in [0.25, 0.3) is 0 Å². The lowest BCUT2D eigenvalue weighted by Gasteiger charge is -2.26. The van der Waals surface area contributed by atoms with Crippen LogP contribution in [0.1, 0.15) is 6.92 Å². The summed E-state index contributed by atoms with van der Waals surface area (Å²) in [6.07, 6.45) is 3.35. The van der Waals surface area contributed by atoms with Crippen molar-refractivity contribution in [1.29, 1.82) is 0 Å². The van der Waals surface area contributed by atoms with Crippen LogP contribution in [0.4, 0.5) is 0 Å². The van der Waals surface area contributed by atoms with E-state index in [2.05, 4.69) is 4.99 Å². The highest BCUT2D eigenvalue weighted by molar-refractivity contribution is 7.99. The van der Waals surface area contributed by atoms with E-state index in [1.165, 1.54) is 0 Å². The Labute approximate surface area is 117 Å². The zero-order valence-electron chi connectivity index (χ0n) is 10.9. The number of thioether (sulfide) groups is 1. The molecule has 0 radical (unpaired) electrons. The summed E-state index contributed by atoms with van der Waals surface area (Å²) >= 11 is 1.63. The largest absolute Gasteiger partial charge is 0.462 e. The smallest absolute Gasteiger partial charge is 0.341 e. The van der Waals surface area contributed by atoms with E-state index in [0.717, 1.165) is 4.90 Å². The van der Waals surface area contributed by atoms with Crippen LogP contribution < -0.4 is 0 Å². The third-order valence-corrected chi connectivity index (χ3v) is 3.74. The second kappa shape index (κ2) is 6.43. The van der Waals surface area contributed by atoms with Gasteiger partial charge in [0, 0.05) is 24.4 Å². The van der Waals surface area contributed by atoms with Gasteiger partial charge in [-0.3, -0.25) is 4.99 Å². The first-order valence-electron chi connectivity index (χ1n) is 6.06. The van der Waals surface area contributed by atoms with Gasteiger partial charge in [0.25, 0.3) is 0 Å². The molecule has 0 fully saturated rings. The monoisotopic (exact) mass is 276 g/mol. The fourth-order valence-corrected chi connectivity index (χ4v) is 2.53. The van der Waals surface area contributed by atoms with E-state index in [1.807, 2.05) is 42.3 Å². The van der Waals surface area contributed by atoms with Crippen molar-refractivity contribution in [3.63, 3.8) is 0 Å². The first-order valence-corrected chi connectivity index (χ1v) is 6.94. The molecule has 0 spiro atoms. The Hall–Kier alpha value is -1.75. The van der Waals surface area contributed by atoms with E-state index in [4.69, 9.17) is 4.74 Å². The molecule has 1 aromatic carbocycles. The minimum absolute atomic E-state index is 0.0550. The van der Waals surface area contributed by atoms with Crippen molar-refractivity contribution in [3.05, 3.63) is 42.1 Å². The molecule has 1 aromatic rings. The summed E-state index contributed by atoms with van der Waals surface area (Å²) in [5, 5.41) is 0. The molecule has 5 heteroatoms. The molecule has 0 N–H and O–H groups in total. The van der Waals surface area contributed by atoms with Crippen molar-refractivity contribution < 1.29 is 9.53 Å². The Morgan fingerprint density at radius 1 is 1.42 bits per heavy atom. The molecule has 100 valence electrons. The molecule has 1 aliphatic rings. The number of nitrogens with zero attached hydrogens (tertiary/aromatic N) is 2. The van der Waals surface area contributed by atoms with Gasteiger partial charge in [0.2, 0.25) is 0 Å². The van der Waals surface area contributed by atoms with Gasteiger partial charge in [0.1, 0.15) is 0 Å². The van der Waals surface area contributed by atoms with E-state index in [0.29, 0.717) is 12.2 Å². The van der Waals surface area contributed by atoms with Crippen molar-refractivity contribution in [1.82, 2.24) is 4.90 Å². The Kier molecular flexibility index (Phi) is 4.63. The lowest BCUT2D eigenvalue weighted by atomic mass is 10.3. The number of hydrogen-bond acceptors (Lipinski definition) is 5. The van der Waals surface area contributed by atoms with Crippen LogP contribution in [0.5, 0.6) is 0 Å². The molecule has 0 saturated carbocycles. The van der Waals surface area contributed by atoms with Gasteiger partial charge < -0.3 is 9.64 Å². The Morgan fingerprint density at radius 3 is 2.79 bits per heavy atom. The molecule has 1 unspecified atom stereocenters. The first-order chi connectivity index (χ1) is 9.20. The predicted molar refractivity (Wildman–Crippen MR) is 77.1 cm³/mol. The number of aliphatic imine (C=N–C) groups is 1. The molecule has 1 heterocycles. The second-order valence-electron chi connectivity index (χ2n) is 4.01. The molecule has 0 amide bonds. The summed E-state index contributed by atoms with van der Waals surface area (Å²) in [6.45, 7) is 2.16.